The molecule has 0 amide bonds. The van der Waals surface area contributed by atoms with Crippen molar-refractivity contribution < 1.29 is 43.2 Å². The summed E-state index contributed by atoms with van der Waals surface area (Å²) in [6.45, 7) is 10.2. The molecule has 0 aromatic heterocycles. The molecule has 48 heavy (non-hydrogen) atoms. The number of alkyl halides is 6. The molecule has 0 atom stereocenters. The van der Waals surface area contributed by atoms with Crippen LogP contribution in [0.3, 0.4) is 0 Å². The Morgan fingerprint density at radius 3 is 1.33 bits per heavy atom. The Morgan fingerprint density at radius 2 is 0.979 bits per heavy atom. The van der Waals surface area contributed by atoms with Crippen LogP contribution in [0.5, 0.6) is 0 Å². The number of sulfone groups is 2. The van der Waals surface area contributed by atoms with E-state index in [4.69, 9.17) is 0 Å². The first-order chi connectivity index (χ1) is 21.9. The molecule has 0 bridgehead atoms. The Hall–Kier alpha value is -3.38. The Labute approximate surface area is 277 Å². The molecule has 3 aliphatic rings. The third-order valence-corrected chi connectivity index (χ3v) is 12.9. The van der Waals surface area contributed by atoms with E-state index in [1.165, 1.54) is 48.5 Å². The van der Waals surface area contributed by atoms with E-state index in [0.29, 0.717) is 0 Å². The van der Waals surface area contributed by atoms with Gasteiger partial charge >= 0.3 is 17.8 Å². The molecule has 0 spiro atoms. The lowest BCUT2D eigenvalue weighted by Gasteiger charge is -2.27. The molecular weight excluding hydrogens is 675 g/mol. The molecular formula is C36H36F6O4S2. The zero-order chi connectivity index (χ0) is 36.0. The van der Waals surface area contributed by atoms with Gasteiger partial charge in [-0.2, -0.15) is 26.3 Å². The highest BCUT2D eigenvalue weighted by Gasteiger charge is 2.81. The predicted molar refractivity (Wildman–Crippen MR) is 175 cm³/mol. The molecule has 1 aliphatic carbocycles. The number of benzene rings is 2. The topological polar surface area (TPSA) is 68.3 Å². The van der Waals surface area contributed by atoms with Gasteiger partial charge in [0.2, 0.25) is 19.7 Å². The first-order valence-electron chi connectivity index (χ1n) is 15.3. The number of allylic oxidation sites excluding steroid dienone is 8. The summed E-state index contributed by atoms with van der Waals surface area (Å²) in [6.07, 6.45) is -0.881. The van der Waals surface area contributed by atoms with Crippen LogP contribution in [0.2, 0.25) is 0 Å². The van der Waals surface area contributed by atoms with E-state index in [1.54, 1.807) is 46.8 Å². The third-order valence-electron chi connectivity index (χ3n) is 8.70. The third kappa shape index (κ3) is 5.16. The van der Waals surface area contributed by atoms with Gasteiger partial charge in [0, 0.05) is 22.3 Å². The van der Waals surface area contributed by atoms with Crippen LogP contribution in [0.4, 0.5) is 26.3 Å². The zero-order valence-corrected chi connectivity index (χ0v) is 29.1. The van der Waals surface area contributed by atoms with Gasteiger partial charge < -0.3 is 0 Å². The summed E-state index contributed by atoms with van der Waals surface area (Å²) in [5.41, 5.74) is -7.23. The maximum atomic E-state index is 16.4. The van der Waals surface area contributed by atoms with Crippen molar-refractivity contribution in [1.82, 2.24) is 0 Å². The smallest absolute Gasteiger partial charge is 0.219 e. The summed E-state index contributed by atoms with van der Waals surface area (Å²) in [6, 6.07) is 14.7. The van der Waals surface area contributed by atoms with Gasteiger partial charge in [0.1, 0.15) is 0 Å². The average Bonchev–Trinajstić information content (AvgIpc) is 3.31. The van der Waals surface area contributed by atoms with Gasteiger partial charge in [-0.15, -0.1) is 0 Å². The number of hydrogen-bond donors (Lipinski definition) is 0. The molecule has 258 valence electrons. The SMILES string of the molecule is CC1=C(c2ccccc2)S(=O)(=O)C(CC(C)C)=C1C1=C(C2=C(CC(C)(C)C)S(=O)(=O)C(c3ccccc3)=C2C)C(F)(F)C(F)(F)C1(F)F. The first-order valence-corrected chi connectivity index (χ1v) is 18.3. The summed E-state index contributed by atoms with van der Waals surface area (Å²) in [5.74, 6) is -17.8. The van der Waals surface area contributed by atoms with Gasteiger partial charge in [0.05, 0.1) is 19.6 Å². The molecule has 0 unspecified atom stereocenters. The highest BCUT2D eigenvalue weighted by Crippen LogP contribution is 2.67. The van der Waals surface area contributed by atoms with E-state index >= 15 is 26.3 Å². The second-order valence-electron chi connectivity index (χ2n) is 14.1. The molecule has 0 radical (unpaired) electrons. The lowest BCUT2D eigenvalue weighted by Crippen LogP contribution is -2.49. The van der Waals surface area contributed by atoms with Crippen molar-refractivity contribution in [3.63, 3.8) is 0 Å². The van der Waals surface area contributed by atoms with E-state index in [9.17, 15) is 16.8 Å². The van der Waals surface area contributed by atoms with Crippen LogP contribution in [0.15, 0.2) is 104 Å². The molecule has 2 aromatic carbocycles. The minimum absolute atomic E-state index is 0.0592. The summed E-state index contributed by atoms with van der Waals surface area (Å²) >= 11 is 0. The van der Waals surface area contributed by atoms with Crippen molar-refractivity contribution in [2.45, 2.75) is 79.1 Å². The van der Waals surface area contributed by atoms with E-state index in [0.717, 1.165) is 13.8 Å². The molecule has 5 rings (SSSR count). The summed E-state index contributed by atoms with van der Waals surface area (Å²) < 4.78 is 154. The Bertz CT molecular complexity index is 2080. The maximum Gasteiger partial charge on any atom is 0.380 e. The van der Waals surface area contributed by atoms with Gasteiger partial charge in [-0.05, 0) is 60.3 Å². The van der Waals surface area contributed by atoms with E-state index in [-0.39, 0.29) is 11.1 Å². The van der Waals surface area contributed by atoms with Crippen molar-refractivity contribution in [2.24, 2.45) is 11.3 Å². The fraction of sp³-hybridized carbons (Fsp3) is 0.389. The normalized spacial score (nSPS) is 23.0. The fourth-order valence-corrected chi connectivity index (χ4v) is 11.4. The molecule has 2 aromatic rings. The molecule has 2 aliphatic heterocycles. The van der Waals surface area contributed by atoms with Crippen molar-refractivity contribution in [2.75, 3.05) is 0 Å². The minimum Gasteiger partial charge on any atom is -0.219 e. The lowest BCUT2D eigenvalue weighted by molar-refractivity contribution is -0.263. The molecule has 0 N–H and O–H groups in total. The van der Waals surface area contributed by atoms with Crippen LogP contribution >= 0.6 is 0 Å². The number of halogens is 6. The Morgan fingerprint density at radius 1 is 0.625 bits per heavy atom. The predicted octanol–water partition coefficient (Wildman–Crippen LogP) is 9.91. The van der Waals surface area contributed by atoms with Crippen LogP contribution in [0, 0.1) is 11.3 Å². The molecule has 0 fully saturated rings. The van der Waals surface area contributed by atoms with Crippen LogP contribution in [-0.4, -0.2) is 34.6 Å². The first kappa shape index (κ1) is 35.9. The van der Waals surface area contributed by atoms with Gasteiger partial charge in [-0.3, -0.25) is 0 Å². The quantitative estimate of drug-likeness (QED) is 0.269. The van der Waals surface area contributed by atoms with E-state index in [1.807, 2.05) is 0 Å². The van der Waals surface area contributed by atoms with Crippen LogP contribution in [-0.2, 0) is 19.7 Å². The molecule has 4 nitrogen and oxygen atoms in total. The van der Waals surface area contributed by atoms with Gasteiger partial charge in [-0.1, -0.05) is 95.3 Å². The Balaban J connectivity index is 2.04. The van der Waals surface area contributed by atoms with Crippen molar-refractivity contribution in [3.8, 4) is 0 Å². The largest absolute Gasteiger partial charge is 0.380 e. The lowest BCUT2D eigenvalue weighted by atomic mass is 9.84. The highest BCUT2D eigenvalue weighted by molar-refractivity contribution is 8.04. The molecule has 0 saturated heterocycles. The number of hydrogen-bond acceptors (Lipinski definition) is 4. The molecule has 2 heterocycles. The highest BCUT2D eigenvalue weighted by atomic mass is 32.2. The van der Waals surface area contributed by atoms with Crippen molar-refractivity contribution in [1.29, 1.82) is 0 Å². The van der Waals surface area contributed by atoms with Crippen molar-refractivity contribution >= 4 is 29.5 Å². The van der Waals surface area contributed by atoms with Crippen LogP contribution in [0.1, 0.15) is 72.4 Å². The second-order valence-corrected chi connectivity index (χ2v) is 17.9. The molecule has 12 heteroatoms. The maximum absolute atomic E-state index is 16.4. The summed E-state index contributed by atoms with van der Waals surface area (Å²) in [5, 5.41) is 0. The minimum atomic E-state index is -6.04. The van der Waals surface area contributed by atoms with Gasteiger partial charge in [0.15, 0.2) is 0 Å². The second kappa shape index (κ2) is 11.3. The van der Waals surface area contributed by atoms with Gasteiger partial charge in [-0.25, -0.2) is 16.8 Å². The zero-order valence-electron chi connectivity index (χ0n) is 27.5. The summed E-state index contributed by atoms with van der Waals surface area (Å²) in [4.78, 5) is -2.33. The van der Waals surface area contributed by atoms with E-state index < -0.39 is 115 Å². The summed E-state index contributed by atoms with van der Waals surface area (Å²) in [7, 11) is -9.35. The molecule has 0 saturated carbocycles. The van der Waals surface area contributed by atoms with Gasteiger partial charge in [0.25, 0.3) is 0 Å². The van der Waals surface area contributed by atoms with Crippen LogP contribution in [0.25, 0.3) is 9.81 Å². The fourth-order valence-electron chi connectivity index (χ4n) is 6.78. The monoisotopic (exact) mass is 710 g/mol. The van der Waals surface area contributed by atoms with Crippen molar-refractivity contribution in [3.05, 3.63) is 115 Å². The van der Waals surface area contributed by atoms with Crippen LogP contribution < -0.4 is 0 Å². The average molecular weight is 711 g/mol. The van der Waals surface area contributed by atoms with E-state index in [2.05, 4.69) is 0 Å². The Kier molecular flexibility index (Phi) is 8.48. The number of rotatable bonds is 7. The standard InChI is InChI=1S/C36H36F6O4S2/c1-20(2)18-25-27(21(3)31(47(25,43)44)23-14-10-8-11-15-23)29-30(35(39,40)36(41,42)34(29,37)38)28-22(4)32(24-16-12-9-13-17-24)48(45,46)26(28)19-33(5,6)7/h8-17,20H,18-19H2,1-7H3.